The number of hydrogen-bond acceptors (Lipinski definition) is 5. The minimum Gasteiger partial charge on any atom is -0.361 e. The van der Waals surface area contributed by atoms with Gasteiger partial charge in [0.05, 0.1) is 11.5 Å². The first-order valence-corrected chi connectivity index (χ1v) is 5.34. The van der Waals surface area contributed by atoms with Crippen LogP contribution >= 0.6 is 0 Å². The first-order chi connectivity index (χ1) is 9.13. The van der Waals surface area contributed by atoms with E-state index in [-0.39, 0.29) is 12.2 Å². The van der Waals surface area contributed by atoms with E-state index >= 15 is 0 Å². The Morgan fingerprint density at radius 3 is 2.74 bits per heavy atom. The lowest BCUT2D eigenvalue weighted by molar-refractivity contribution is -0.384. The van der Waals surface area contributed by atoms with Crippen LogP contribution in [0.15, 0.2) is 33.9 Å². The van der Waals surface area contributed by atoms with Gasteiger partial charge in [-0.3, -0.25) is 10.1 Å². The molecule has 19 heavy (non-hydrogen) atoms. The zero-order valence-corrected chi connectivity index (χ0v) is 9.98. The molecule has 8 heteroatoms. The molecule has 96 valence electrons. The van der Waals surface area contributed by atoms with Gasteiger partial charge in [0.25, 0.3) is 5.69 Å². The van der Waals surface area contributed by atoms with Crippen molar-refractivity contribution in [3.05, 3.63) is 56.1 Å². The minimum atomic E-state index is -0.473. The summed E-state index contributed by atoms with van der Waals surface area (Å²) in [5.74, 6) is 0.556. The van der Waals surface area contributed by atoms with E-state index in [0.29, 0.717) is 22.6 Å². The molecule has 0 spiro atoms. The summed E-state index contributed by atoms with van der Waals surface area (Å²) in [5.41, 5.74) is 10.2. The molecule has 0 saturated carbocycles. The smallest absolute Gasteiger partial charge is 0.269 e. The van der Waals surface area contributed by atoms with Gasteiger partial charge in [-0.05, 0) is 24.6 Å². The predicted molar refractivity (Wildman–Crippen MR) is 66.2 cm³/mol. The first-order valence-electron chi connectivity index (χ1n) is 5.34. The third-order valence-corrected chi connectivity index (χ3v) is 2.63. The third kappa shape index (κ3) is 2.53. The van der Waals surface area contributed by atoms with Crippen molar-refractivity contribution >= 4 is 5.69 Å². The molecule has 1 aromatic heterocycles. The Hall–Kier alpha value is -2.86. The fraction of sp³-hybridized carbons (Fsp3) is 0.182. The lowest BCUT2D eigenvalue weighted by atomic mass is 10.1. The average Bonchev–Trinajstić information content (AvgIpc) is 2.78. The summed E-state index contributed by atoms with van der Waals surface area (Å²) in [6.45, 7) is 1.84. The Bertz CT molecular complexity index is 655. The van der Waals surface area contributed by atoms with Crippen molar-refractivity contribution in [1.29, 1.82) is 0 Å². The van der Waals surface area contributed by atoms with E-state index in [0.717, 1.165) is 0 Å². The van der Waals surface area contributed by atoms with Crippen LogP contribution in [0.3, 0.4) is 0 Å². The molecule has 0 N–H and O–H groups in total. The SMILES string of the molecule is Cc1onc(-c2ccc([N+](=O)[O-])cc2)c1CN=[N+]=[N-]. The number of benzene rings is 1. The molecular weight excluding hydrogens is 250 g/mol. The van der Waals surface area contributed by atoms with E-state index in [2.05, 4.69) is 15.2 Å². The fourth-order valence-electron chi connectivity index (χ4n) is 1.65. The average molecular weight is 259 g/mol. The second kappa shape index (κ2) is 5.19. The van der Waals surface area contributed by atoms with Gasteiger partial charge in [0.1, 0.15) is 11.5 Å². The molecule has 0 fully saturated rings. The largest absolute Gasteiger partial charge is 0.361 e. The predicted octanol–water partition coefficient (Wildman–Crippen LogP) is 3.37. The van der Waals surface area contributed by atoms with E-state index in [9.17, 15) is 10.1 Å². The quantitative estimate of drug-likeness (QED) is 0.275. The molecule has 0 aliphatic heterocycles. The number of aryl methyl sites for hydroxylation is 1. The lowest BCUT2D eigenvalue weighted by Crippen LogP contribution is -1.89. The second-order valence-corrected chi connectivity index (χ2v) is 3.76. The molecule has 0 aliphatic rings. The molecule has 0 bridgehead atoms. The van der Waals surface area contributed by atoms with Gasteiger partial charge in [-0.25, -0.2) is 0 Å². The van der Waals surface area contributed by atoms with Crippen molar-refractivity contribution in [2.45, 2.75) is 13.5 Å². The van der Waals surface area contributed by atoms with Crippen molar-refractivity contribution in [3.63, 3.8) is 0 Å². The molecule has 0 amide bonds. The summed E-state index contributed by atoms with van der Waals surface area (Å²) >= 11 is 0. The Balaban J connectivity index is 2.41. The van der Waals surface area contributed by atoms with Gasteiger partial charge in [0.15, 0.2) is 0 Å². The van der Waals surface area contributed by atoms with Crippen LogP contribution in [-0.2, 0) is 6.54 Å². The summed E-state index contributed by atoms with van der Waals surface area (Å²) in [4.78, 5) is 12.8. The van der Waals surface area contributed by atoms with Gasteiger partial charge in [0, 0.05) is 28.2 Å². The Morgan fingerprint density at radius 2 is 2.16 bits per heavy atom. The zero-order chi connectivity index (χ0) is 13.8. The molecule has 8 nitrogen and oxygen atoms in total. The number of nitro groups is 1. The van der Waals surface area contributed by atoms with Gasteiger partial charge in [0.2, 0.25) is 0 Å². The van der Waals surface area contributed by atoms with E-state index in [1.807, 2.05) is 0 Å². The number of non-ortho nitro benzene ring substituents is 1. The number of nitrogens with zero attached hydrogens (tertiary/aromatic N) is 5. The van der Waals surface area contributed by atoms with Crippen LogP contribution in [0.25, 0.3) is 21.7 Å². The van der Waals surface area contributed by atoms with E-state index in [1.165, 1.54) is 12.1 Å². The molecule has 0 saturated heterocycles. The normalized spacial score (nSPS) is 9.95. The highest BCUT2D eigenvalue weighted by atomic mass is 16.6. The van der Waals surface area contributed by atoms with Crippen molar-refractivity contribution < 1.29 is 9.45 Å². The highest BCUT2D eigenvalue weighted by Crippen LogP contribution is 2.27. The molecule has 0 aliphatic carbocycles. The van der Waals surface area contributed by atoms with E-state index < -0.39 is 4.92 Å². The number of nitro benzene ring substituents is 1. The minimum absolute atomic E-state index is 0.000521. The summed E-state index contributed by atoms with van der Waals surface area (Å²) in [6.07, 6.45) is 0. The topological polar surface area (TPSA) is 118 Å². The van der Waals surface area contributed by atoms with Crippen LogP contribution in [0.4, 0.5) is 5.69 Å². The number of rotatable bonds is 4. The highest BCUT2D eigenvalue weighted by molar-refractivity contribution is 5.64. The summed E-state index contributed by atoms with van der Waals surface area (Å²) < 4.78 is 5.06. The number of hydrogen-bond donors (Lipinski definition) is 0. The van der Waals surface area contributed by atoms with Gasteiger partial charge < -0.3 is 4.52 Å². The van der Waals surface area contributed by atoms with Crippen molar-refractivity contribution in [1.82, 2.24) is 5.16 Å². The number of azide groups is 1. The fourth-order valence-corrected chi connectivity index (χ4v) is 1.65. The molecule has 1 heterocycles. The van der Waals surface area contributed by atoms with E-state index in [4.69, 9.17) is 10.1 Å². The molecule has 2 rings (SSSR count). The van der Waals surface area contributed by atoms with Gasteiger partial charge in [-0.2, -0.15) is 0 Å². The van der Waals surface area contributed by atoms with Gasteiger partial charge in [-0.15, -0.1) is 0 Å². The molecule has 0 atom stereocenters. The first kappa shape index (κ1) is 12.6. The molecule has 0 radical (unpaired) electrons. The Labute approximate surface area is 107 Å². The maximum atomic E-state index is 10.6. The van der Waals surface area contributed by atoms with Crippen LogP contribution in [0.1, 0.15) is 11.3 Å². The zero-order valence-electron chi connectivity index (χ0n) is 9.98. The van der Waals surface area contributed by atoms with E-state index in [1.54, 1.807) is 19.1 Å². The molecule has 1 aromatic carbocycles. The maximum absolute atomic E-state index is 10.6. The molecule has 2 aromatic rings. The molecule has 0 unspecified atom stereocenters. The second-order valence-electron chi connectivity index (χ2n) is 3.76. The standard InChI is InChI=1S/C11H9N5O3/c1-7-10(6-13-15-12)11(14-19-7)8-2-4-9(5-3-8)16(17)18/h2-5H,6H2,1H3. The number of aromatic nitrogens is 1. The molecular formula is C11H9N5O3. The van der Waals surface area contributed by atoms with Crippen LogP contribution in [-0.4, -0.2) is 10.1 Å². The summed E-state index contributed by atoms with van der Waals surface area (Å²) in [5, 5.41) is 17.9. The Kier molecular flexibility index (Phi) is 3.44. The van der Waals surface area contributed by atoms with Crippen molar-refractivity contribution in [2.75, 3.05) is 0 Å². The maximum Gasteiger partial charge on any atom is 0.269 e. The third-order valence-electron chi connectivity index (χ3n) is 2.63. The summed E-state index contributed by atoms with van der Waals surface area (Å²) in [7, 11) is 0. The van der Waals surface area contributed by atoms with Crippen LogP contribution < -0.4 is 0 Å². The van der Waals surface area contributed by atoms with Crippen LogP contribution in [0, 0.1) is 17.0 Å². The Morgan fingerprint density at radius 1 is 1.47 bits per heavy atom. The lowest BCUT2D eigenvalue weighted by Gasteiger charge is -1.99. The van der Waals surface area contributed by atoms with Crippen molar-refractivity contribution in [3.8, 4) is 11.3 Å². The van der Waals surface area contributed by atoms with Crippen LogP contribution in [0.5, 0.6) is 0 Å². The van der Waals surface area contributed by atoms with Gasteiger partial charge in [-0.1, -0.05) is 10.3 Å². The van der Waals surface area contributed by atoms with Gasteiger partial charge >= 0.3 is 0 Å². The highest BCUT2D eigenvalue weighted by Gasteiger charge is 2.15. The monoisotopic (exact) mass is 259 g/mol. The summed E-state index contributed by atoms with van der Waals surface area (Å²) in [6, 6.07) is 5.93. The van der Waals surface area contributed by atoms with Crippen LogP contribution in [0.2, 0.25) is 0 Å². The van der Waals surface area contributed by atoms with Crippen molar-refractivity contribution in [2.24, 2.45) is 5.11 Å².